The van der Waals surface area contributed by atoms with Gasteiger partial charge in [0, 0.05) is 39.3 Å². The van der Waals surface area contributed by atoms with Crippen LogP contribution in [0.3, 0.4) is 0 Å². The summed E-state index contributed by atoms with van der Waals surface area (Å²) in [7, 11) is 0. The molecule has 0 saturated carbocycles. The van der Waals surface area contributed by atoms with E-state index in [9.17, 15) is 0 Å². The maximum absolute atomic E-state index is 5.38. The van der Waals surface area contributed by atoms with Crippen LogP contribution in [0.25, 0.3) is 66.5 Å². The monoisotopic (exact) mass is 486 g/mol. The molecule has 0 aliphatic rings. The molecular weight excluding hydrogens is 464 g/mol. The summed E-state index contributed by atoms with van der Waals surface area (Å²) in [6.45, 7) is 0. The van der Waals surface area contributed by atoms with Crippen molar-refractivity contribution in [2.45, 2.75) is 0 Å². The Labute approximate surface area is 219 Å². The zero-order valence-corrected chi connectivity index (χ0v) is 20.5. The van der Waals surface area contributed by atoms with E-state index >= 15 is 0 Å². The van der Waals surface area contributed by atoms with Gasteiger partial charge in [-0.25, -0.2) is 4.98 Å². The van der Waals surface area contributed by atoms with Crippen molar-refractivity contribution >= 4 is 43.9 Å². The zero-order chi connectivity index (χ0) is 25.1. The molecule has 0 amide bonds. The highest BCUT2D eigenvalue weighted by Gasteiger charge is 2.19. The molecule has 8 aromatic rings. The summed E-state index contributed by atoms with van der Waals surface area (Å²) in [4.78, 5) is 9.89. The molecule has 4 heteroatoms. The van der Waals surface area contributed by atoms with Gasteiger partial charge in [0.1, 0.15) is 5.65 Å². The number of benzene rings is 4. The molecule has 4 nitrogen and oxygen atoms in total. The van der Waals surface area contributed by atoms with Crippen molar-refractivity contribution in [3.8, 4) is 22.6 Å². The van der Waals surface area contributed by atoms with Gasteiger partial charge in [-0.05, 0) is 54.6 Å². The molecule has 0 spiro atoms. The van der Waals surface area contributed by atoms with Gasteiger partial charge in [-0.3, -0.25) is 9.55 Å². The van der Waals surface area contributed by atoms with Gasteiger partial charge >= 0.3 is 0 Å². The van der Waals surface area contributed by atoms with Crippen LogP contribution < -0.4 is 0 Å². The third-order valence-corrected chi connectivity index (χ3v) is 7.37. The summed E-state index contributed by atoms with van der Waals surface area (Å²) in [6, 6.07) is 44.6. The molecule has 0 aliphatic carbocycles. The molecule has 4 heterocycles. The molecular formula is C34H22N4. The molecule has 0 unspecified atom stereocenters. The number of hydrogen-bond donors (Lipinski definition) is 0. The fourth-order valence-electron chi connectivity index (χ4n) is 5.67. The maximum Gasteiger partial charge on any atom is 0.146 e. The highest BCUT2D eigenvalue weighted by atomic mass is 15.1. The van der Waals surface area contributed by atoms with Crippen molar-refractivity contribution in [1.29, 1.82) is 0 Å². The number of pyridine rings is 2. The van der Waals surface area contributed by atoms with Crippen LogP contribution in [-0.4, -0.2) is 19.1 Å². The standard InChI is InChI=1S/C34H22N4/c1-2-10-24(11-3-1)37-31-16-7-5-13-27(31)33-32(37)22-28-26-12-4-6-15-30(26)38(34(28)36-33)25-19-17-23(18-20-25)29-14-8-9-21-35-29/h1-22H. The molecule has 0 fully saturated rings. The second kappa shape index (κ2) is 8.15. The van der Waals surface area contributed by atoms with Crippen LogP contribution in [0.2, 0.25) is 0 Å². The molecule has 178 valence electrons. The molecule has 0 N–H and O–H groups in total. The van der Waals surface area contributed by atoms with Crippen molar-refractivity contribution in [3.63, 3.8) is 0 Å². The quantitative estimate of drug-likeness (QED) is 0.252. The zero-order valence-electron chi connectivity index (χ0n) is 20.5. The Bertz CT molecular complexity index is 2100. The van der Waals surface area contributed by atoms with Crippen molar-refractivity contribution in [3.05, 3.63) is 134 Å². The minimum atomic E-state index is 0.959. The fourth-order valence-corrected chi connectivity index (χ4v) is 5.67. The fraction of sp³-hybridized carbons (Fsp3) is 0. The lowest BCUT2D eigenvalue weighted by atomic mass is 10.1. The summed E-state index contributed by atoms with van der Waals surface area (Å²) in [5, 5.41) is 3.48. The van der Waals surface area contributed by atoms with E-state index in [0.717, 1.165) is 61.1 Å². The summed E-state index contributed by atoms with van der Waals surface area (Å²) < 4.78 is 4.60. The predicted octanol–water partition coefficient (Wildman–Crippen LogP) is 8.34. The number of aromatic nitrogens is 4. The molecule has 8 rings (SSSR count). The van der Waals surface area contributed by atoms with Gasteiger partial charge in [-0.2, -0.15) is 0 Å². The molecule has 0 bridgehead atoms. The Balaban J connectivity index is 1.44. The SMILES string of the molecule is c1ccc(-n2c3ccccc3c3nc4c(cc32)c2ccccc2n4-c2ccc(-c3ccccn3)cc2)cc1. The first-order valence-electron chi connectivity index (χ1n) is 12.8. The first-order valence-corrected chi connectivity index (χ1v) is 12.8. The largest absolute Gasteiger partial charge is 0.308 e. The van der Waals surface area contributed by atoms with Crippen LogP contribution in [-0.2, 0) is 0 Å². The van der Waals surface area contributed by atoms with Crippen LogP contribution in [0.1, 0.15) is 0 Å². The summed E-state index contributed by atoms with van der Waals surface area (Å²) in [6.07, 6.45) is 1.83. The van der Waals surface area contributed by atoms with Gasteiger partial charge in [0.2, 0.25) is 0 Å². The Hall–Kier alpha value is -5.22. The van der Waals surface area contributed by atoms with E-state index in [4.69, 9.17) is 4.98 Å². The summed E-state index contributed by atoms with van der Waals surface area (Å²) in [5.74, 6) is 0. The Morgan fingerprint density at radius 2 is 1.13 bits per heavy atom. The average Bonchev–Trinajstić information content (AvgIpc) is 3.49. The molecule has 4 aromatic heterocycles. The van der Waals surface area contributed by atoms with Gasteiger partial charge < -0.3 is 4.57 Å². The lowest BCUT2D eigenvalue weighted by Crippen LogP contribution is -1.96. The highest BCUT2D eigenvalue weighted by Crippen LogP contribution is 2.37. The van der Waals surface area contributed by atoms with E-state index in [0.29, 0.717) is 0 Å². The van der Waals surface area contributed by atoms with E-state index in [1.54, 1.807) is 0 Å². The number of fused-ring (bicyclic) bond motifs is 6. The van der Waals surface area contributed by atoms with Crippen molar-refractivity contribution in [2.75, 3.05) is 0 Å². The average molecular weight is 487 g/mol. The van der Waals surface area contributed by atoms with Crippen molar-refractivity contribution in [1.82, 2.24) is 19.1 Å². The normalized spacial score (nSPS) is 11.7. The van der Waals surface area contributed by atoms with Crippen LogP contribution in [0.5, 0.6) is 0 Å². The van der Waals surface area contributed by atoms with E-state index in [2.05, 4.69) is 123 Å². The molecule has 0 aliphatic heterocycles. The Kier molecular flexibility index (Phi) is 4.49. The van der Waals surface area contributed by atoms with Gasteiger partial charge in [0.15, 0.2) is 0 Å². The van der Waals surface area contributed by atoms with E-state index in [1.165, 1.54) is 5.39 Å². The van der Waals surface area contributed by atoms with Crippen LogP contribution in [0.15, 0.2) is 134 Å². The lowest BCUT2D eigenvalue weighted by molar-refractivity contribution is 1.14. The van der Waals surface area contributed by atoms with Gasteiger partial charge in [0.05, 0.1) is 27.8 Å². The summed E-state index contributed by atoms with van der Waals surface area (Å²) >= 11 is 0. The van der Waals surface area contributed by atoms with E-state index in [1.807, 2.05) is 24.4 Å². The Morgan fingerprint density at radius 3 is 1.89 bits per heavy atom. The molecule has 0 radical (unpaired) electrons. The first kappa shape index (κ1) is 20.9. The third kappa shape index (κ3) is 3.04. The third-order valence-electron chi connectivity index (χ3n) is 7.37. The predicted molar refractivity (Wildman–Crippen MR) is 156 cm³/mol. The topological polar surface area (TPSA) is 35.6 Å². The Morgan fingerprint density at radius 1 is 0.474 bits per heavy atom. The van der Waals surface area contributed by atoms with E-state index < -0.39 is 0 Å². The van der Waals surface area contributed by atoms with Gasteiger partial charge in [-0.1, -0.05) is 72.8 Å². The summed E-state index contributed by atoms with van der Waals surface area (Å²) in [5.41, 5.74) is 9.65. The second-order valence-corrected chi connectivity index (χ2v) is 9.53. The molecule has 4 aromatic carbocycles. The van der Waals surface area contributed by atoms with Crippen LogP contribution in [0, 0.1) is 0 Å². The minimum Gasteiger partial charge on any atom is -0.308 e. The highest BCUT2D eigenvalue weighted by molar-refractivity contribution is 6.15. The van der Waals surface area contributed by atoms with Gasteiger partial charge in [0.25, 0.3) is 0 Å². The number of nitrogens with zero attached hydrogens (tertiary/aromatic N) is 4. The number of para-hydroxylation sites is 3. The lowest BCUT2D eigenvalue weighted by Gasteiger charge is -2.09. The van der Waals surface area contributed by atoms with E-state index in [-0.39, 0.29) is 0 Å². The van der Waals surface area contributed by atoms with Crippen molar-refractivity contribution in [2.24, 2.45) is 0 Å². The number of hydrogen-bond acceptors (Lipinski definition) is 2. The van der Waals surface area contributed by atoms with Crippen LogP contribution >= 0.6 is 0 Å². The van der Waals surface area contributed by atoms with Crippen LogP contribution in [0.4, 0.5) is 0 Å². The second-order valence-electron chi connectivity index (χ2n) is 9.53. The number of rotatable bonds is 3. The minimum absolute atomic E-state index is 0.959. The molecule has 0 atom stereocenters. The molecule has 38 heavy (non-hydrogen) atoms. The smallest absolute Gasteiger partial charge is 0.146 e. The molecule has 0 saturated heterocycles. The van der Waals surface area contributed by atoms with Gasteiger partial charge in [-0.15, -0.1) is 0 Å². The maximum atomic E-state index is 5.38. The van der Waals surface area contributed by atoms with Crippen molar-refractivity contribution < 1.29 is 0 Å². The first-order chi connectivity index (χ1) is 18.9.